The van der Waals surface area contributed by atoms with Gasteiger partial charge >= 0.3 is 0 Å². The molecule has 0 bridgehead atoms. The average molecular weight is 338 g/mol. The van der Waals surface area contributed by atoms with E-state index in [9.17, 15) is 16.8 Å². The van der Waals surface area contributed by atoms with E-state index in [0.29, 0.717) is 5.56 Å². The molecule has 0 saturated carbocycles. The Hall–Kier alpha value is -0.630. The number of halogens is 1. The number of aryl methyl sites for hydroxylation is 2. The Morgan fingerprint density at radius 2 is 1.90 bits per heavy atom. The maximum atomic E-state index is 12.4. The van der Waals surface area contributed by atoms with Gasteiger partial charge in [-0.3, -0.25) is 0 Å². The second kappa shape index (κ2) is 5.29. The first kappa shape index (κ1) is 15.8. The molecule has 2 atom stereocenters. The SMILES string of the molecule is Cc1ccc(C)c(S(=O)(=O)N[C@H]2CS(=O)(=O)C[C@H]2Cl)c1. The smallest absolute Gasteiger partial charge is 0.229 e. The fourth-order valence-corrected chi connectivity index (χ4v) is 6.51. The molecule has 1 aliphatic heterocycles. The summed E-state index contributed by atoms with van der Waals surface area (Å²) in [6.07, 6.45) is 0. The highest BCUT2D eigenvalue weighted by molar-refractivity contribution is 7.92. The average Bonchev–Trinajstić information content (AvgIpc) is 2.54. The zero-order chi connectivity index (χ0) is 15.1. The molecule has 1 heterocycles. The largest absolute Gasteiger partial charge is 0.241 e. The van der Waals surface area contributed by atoms with E-state index in [4.69, 9.17) is 11.6 Å². The second-order valence-corrected chi connectivity index (χ2v) is 9.49. The predicted octanol–water partition coefficient (Wildman–Crippen LogP) is 0.986. The summed E-state index contributed by atoms with van der Waals surface area (Å²) in [5, 5.41) is -0.736. The minimum absolute atomic E-state index is 0.158. The van der Waals surface area contributed by atoms with Crippen molar-refractivity contribution in [3.05, 3.63) is 29.3 Å². The minimum atomic E-state index is -3.78. The quantitative estimate of drug-likeness (QED) is 0.834. The Morgan fingerprint density at radius 1 is 1.25 bits per heavy atom. The van der Waals surface area contributed by atoms with Crippen LogP contribution in [0.25, 0.3) is 0 Å². The number of nitrogens with one attached hydrogen (secondary N) is 1. The highest BCUT2D eigenvalue weighted by Gasteiger charge is 2.39. The zero-order valence-corrected chi connectivity index (χ0v) is 13.5. The molecule has 0 spiro atoms. The molecule has 1 N–H and O–H groups in total. The van der Waals surface area contributed by atoms with E-state index in [0.717, 1.165) is 5.56 Å². The summed E-state index contributed by atoms with van der Waals surface area (Å²) >= 11 is 5.92. The molecule has 0 amide bonds. The van der Waals surface area contributed by atoms with E-state index >= 15 is 0 Å². The van der Waals surface area contributed by atoms with Crippen LogP contribution in [0.2, 0.25) is 0 Å². The van der Waals surface area contributed by atoms with E-state index in [1.807, 2.05) is 6.07 Å². The van der Waals surface area contributed by atoms with Crippen LogP contribution in [-0.4, -0.2) is 39.8 Å². The summed E-state index contributed by atoms with van der Waals surface area (Å²) in [6.45, 7) is 3.49. The topological polar surface area (TPSA) is 80.3 Å². The van der Waals surface area contributed by atoms with Crippen LogP contribution in [0.1, 0.15) is 11.1 Å². The van der Waals surface area contributed by atoms with Crippen LogP contribution in [0.15, 0.2) is 23.1 Å². The number of hydrogen-bond donors (Lipinski definition) is 1. The Morgan fingerprint density at radius 3 is 2.45 bits per heavy atom. The van der Waals surface area contributed by atoms with Crippen LogP contribution in [0.5, 0.6) is 0 Å². The molecular weight excluding hydrogens is 322 g/mol. The standard InChI is InChI=1S/C12H16ClNO4S2/c1-8-3-4-9(2)12(5-8)20(17,18)14-11-7-19(15,16)6-10(11)13/h3-5,10-11,14H,6-7H2,1-2H3/t10-,11+/m1/s1. The number of benzene rings is 1. The predicted molar refractivity (Wildman–Crippen MR) is 78.3 cm³/mol. The first-order valence-electron chi connectivity index (χ1n) is 6.05. The van der Waals surface area contributed by atoms with Crippen LogP contribution in [-0.2, 0) is 19.9 Å². The van der Waals surface area contributed by atoms with Crippen molar-refractivity contribution in [1.29, 1.82) is 0 Å². The summed E-state index contributed by atoms with van der Waals surface area (Å²) in [4.78, 5) is 0.158. The zero-order valence-electron chi connectivity index (χ0n) is 11.1. The van der Waals surface area contributed by atoms with Gasteiger partial charge in [0.15, 0.2) is 9.84 Å². The van der Waals surface area contributed by atoms with Gasteiger partial charge in [0.1, 0.15) is 0 Å². The van der Waals surface area contributed by atoms with Gasteiger partial charge in [-0.1, -0.05) is 12.1 Å². The van der Waals surface area contributed by atoms with Crippen molar-refractivity contribution in [2.45, 2.75) is 30.2 Å². The second-order valence-electron chi connectivity index (χ2n) is 5.09. The Bertz CT molecular complexity index is 728. The van der Waals surface area contributed by atoms with Gasteiger partial charge in [0.05, 0.1) is 27.8 Å². The van der Waals surface area contributed by atoms with Gasteiger partial charge in [0, 0.05) is 0 Å². The summed E-state index contributed by atoms with van der Waals surface area (Å²) < 4.78 is 50.1. The van der Waals surface area contributed by atoms with Gasteiger partial charge in [-0.05, 0) is 31.0 Å². The fraction of sp³-hybridized carbons (Fsp3) is 0.500. The van der Waals surface area contributed by atoms with Gasteiger partial charge in [0.2, 0.25) is 10.0 Å². The molecule has 0 aromatic heterocycles. The van der Waals surface area contributed by atoms with Gasteiger partial charge in [0.25, 0.3) is 0 Å². The van der Waals surface area contributed by atoms with Gasteiger partial charge < -0.3 is 0 Å². The number of rotatable bonds is 3. The normalized spacial score (nSPS) is 25.8. The lowest BCUT2D eigenvalue weighted by molar-refractivity contribution is 0.563. The van der Waals surface area contributed by atoms with E-state index < -0.39 is 31.3 Å². The third-order valence-corrected chi connectivity index (χ3v) is 7.23. The first-order valence-corrected chi connectivity index (χ1v) is 9.79. The Kier molecular flexibility index (Phi) is 4.17. The molecule has 1 aromatic rings. The minimum Gasteiger partial charge on any atom is -0.229 e. The molecule has 0 radical (unpaired) electrons. The van der Waals surface area contributed by atoms with E-state index in [2.05, 4.69) is 4.72 Å². The lowest BCUT2D eigenvalue weighted by atomic mass is 10.2. The third kappa shape index (κ3) is 3.33. The van der Waals surface area contributed by atoms with E-state index in [-0.39, 0.29) is 16.4 Å². The van der Waals surface area contributed by atoms with Crippen molar-refractivity contribution >= 4 is 31.5 Å². The molecule has 1 saturated heterocycles. The van der Waals surface area contributed by atoms with Gasteiger partial charge in [-0.25, -0.2) is 21.6 Å². The van der Waals surface area contributed by atoms with E-state index in [1.54, 1.807) is 26.0 Å². The Balaban J connectivity index is 2.31. The summed E-state index contributed by atoms with van der Waals surface area (Å²) in [5.74, 6) is -0.459. The summed E-state index contributed by atoms with van der Waals surface area (Å²) in [7, 11) is -7.06. The third-order valence-electron chi connectivity index (χ3n) is 3.22. The molecule has 112 valence electrons. The highest BCUT2D eigenvalue weighted by Crippen LogP contribution is 2.22. The maximum Gasteiger partial charge on any atom is 0.241 e. The lowest BCUT2D eigenvalue weighted by Crippen LogP contribution is -2.40. The summed E-state index contributed by atoms with van der Waals surface area (Å²) in [5.41, 5.74) is 1.42. The van der Waals surface area contributed by atoms with Crippen LogP contribution in [0.3, 0.4) is 0 Å². The molecule has 1 aromatic carbocycles. The highest BCUT2D eigenvalue weighted by atomic mass is 35.5. The Labute approximate surface area is 124 Å². The number of sulfonamides is 1. The number of hydrogen-bond acceptors (Lipinski definition) is 4. The molecule has 1 aliphatic rings. The monoisotopic (exact) mass is 337 g/mol. The van der Waals surface area contributed by atoms with Crippen molar-refractivity contribution < 1.29 is 16.8 Å². The van der Waals surface area contributed by atoms with Crippen molar-refractivity contribution in [2.24, 2.45) is 0 Å². The van der Waals surface area contributed by atoms with Crippen LogP contribution in [0, 0.1) is 13.8 Å². The van der Waals surface area contributed by atoms with Crippen molar-refractivity contribution in [3.8, 4) is 0 Å². The fourth-order valence-electron chi connectivity index (χ4n) is 2.17. The number of alkyl halides is 1. The molecule has 1 fully saturated rings. The maximum absolute atomic E-state index is 12.4. The molecule has 8 heteroatoms. The van der Waals surface area contributed by atoms with Crippen molar-refractivity contribution in [3.63, 3.8) is 0 Å². The lowest BCUT2D eigenvalue weighted by Gasteiger charge is -2.16. The van der Waals surface area contributed by atoms with Crippen molar-refractivity contribution in [1.82, 2.24) is 4.72 Å². The van der Waals surface area contributed by atoms with Gasteiger partial charge in [-0.2, -0.15) is 0 Å². The van der Waals surface area contributed by atoms with Crippen LogP contribution < -0.4 is 4.72 Å². The van der Waals surface area contributed by atoms with Gasteiger partial charge in [-0.15, -0.1) is 11.6 Å². The van der Waals surface area contributed by atoms with E-state index in [1.165, 1.54) is 0 Å². The molecular formula is C12H16ClNO4S2. The summed E-state index contributed by atoms with van der Waals surface area (Å²) in [6, 6.07) is 4.31. The molecule has 20 heavy (non-hydrogen) atoms. The molecule has 0 aliphatic carbocycles. The van der Waals surface area contributed by atoms with Crippen LogP contribution in [0.4, 0.5) is 0 Å². The number of sulfone groups is 1. The molecule has 5 nitrogen and oxygen atoms in total. The van der Waals surface area contributed by atoms with Crippen LogP contribution >= 0.6 is 11.6 Å². The first-order chi connectivity index (χ1) is 9.11. The molecule has 2 rings (SSSR count). The van der Waals surface area contributed by atoms with Crippen molar-refractivity contribution in [2.75, 3.05) is 11.5 Å². The molecule has 0 unspecified atom stereocenters.